The number of nitrogens with one attached hydrogen (secondary N) is 1. The highest BCUT2D eigenvalue weighted by Crippen LogP contribution is 2.26. The van der Waals surface area contributed by atoms with E-state index in [2.05, 4.69) is 5.32 Å². The first kappa shape index (κ1) is 10.4. The molecule has 2 nitrogen and oxygen atoms in total. The van der Waals surface area contributed by atoms with Crippen molar-refractivity contribution in [2.45, 2.75) is 19.4 Å². The highest BCUT2D eigenvalue weighted by Gasteiger charge is 2.08. The van der Waals surface area contributed by atoms with Crippen LogP contribution in [0.3, 0.4) is 0 Å². The lowest BCUT2D eigenvalue weighted by Crippen LogP contribution is -2.23. The third kappa shape index (κ3) is 2.61. The molecule has 3 heteroatoms. The Balaban J connectivity index is 2.87. The van der Waals surface area contributed by atoms with Gasteiger partial charge in [0.25, 0.3) is 0 Å². The molecule has 0 aromatic heterocycles. The highest BCUT2D eigenvalue weighted by molar-refractivity contribution is 6.31. The fraction of sp³-hybridized carbons (Fsp3) is 0.400. The summed E-state index contributed by atoms with van der Waals surface area (Å²) in [5, 5.41) is 13.2. The van der Waals surface area contributed by atoms with Crippen molar-refractivity contribution in [3.63, 3.8) is 0 Å². The molecule has 1 aromatic carbocycles. The van der Waals surface area contributed by atoms with Crippen LogP contribution in [0.15, 0.2) is 18.2 Å². The molecule has 13 heavy (non-hydrogen) atoms. The van der Waals surface area contributed by atoms with Gasteiger partial charge in [0.15, 0.2) is 0 Å². The van der Waals surface area contributed by atoms with Crippen LogP contribution >= 0.6 is 11.6 Å². The molecule has 0 aliphatic rings. The second kappa shape index (κ2) is 4.49. The zero-order chi connectivity index (χ0) is 9.84. The van der Waals surface area contributed by atoms with Crippen LogP contribution in [0.2, 0.25) is 5.02 Å². The number of halogens is 1. The molecule has 0 radical (unpaired) electrons. The van der Waals surface area contributed by atoms with Gasteiger partial charge >= 0.3 is 0 Å². The molecule has 0 spiro atoms. The zero-order valence-corrected chi connectivity index (χ0v) is 8.60. The maximum absolute atomic E-state index is 9.52. The average molecular weight is 200 g/mol. The Bertz CT molecular complexity index is 268. The van der Waals surface area contributed by atoms with E-state index in [0.29, 0.717) is 11.1 Å². The number of phenolic OH excluding ortho intramolecular Hbond substituents is 1. The summed E-state index contributed by atoms with van der Waals surface area (Å²) in [5.74, 6) is 0.273. The number of aromatic hydroxyl groups is 1. The smallest absolute Gasteiger partial charge is 0.120 e. The Hall–Kier alpha value is -0.730. The molecule has 0 saturated heterocycles. The van der Waals surface area contributed by atoms with E-state index in [9.17, 15) is 5.11 Å². The molecule has 0 amide bonds. The molecule has 1 atom stereocenters. The standard InChI is InChI=1S/C10H14ClNO/c1-7(12-2)6-8-9(11)4-3-5-10(8)13/h3-5,7,12-13H,6H2,1-2H3. The van der Waals surface area contributed by atoms with Gasteiger partial charge in [0.2, 0.25) is 0 Å². The van der Waals surface area contributed by atoms with Crippen molar-refractivity contribution in [3.05, 3.63) is 28.8 Å². The zero-order valence-electron chi connectivity index (χ0n) is 7.84. The molecular weight excluding hydrogens is 186 g/mol. The van der Waals surface area contributed by atoms with Crippen molar-refractivity contribution in [3.8, 4) is 5.75 Å². The SMILES string of the molecule is CNC(C)Cc1c(O)cccc1Cl. The Kier molecular flexibility index (Phi) is 3.58. The van der Waals surface area contributed by atoms with E-state index in [0.717, 1.165) is 12.0 Å². The number of hydrogen-bond acceptors (Lipinski definition) is 2. The van der Waals surface area contributed by atoms with E-state index >= 15 is 0 Å². The molecule has 1 aromatic rings. The first-order valence-electron chi connectivity index (χ1n) is 4.28. The third-order valence-corrected chi connectivity index (χ3v) is 2.45. The lowest BCUT2D eigenvalue weighted by Gasteiger charge is -2.12. The van der Waals surface area contributed by atoms with E-state index in [1.165, 1.54) is 0 Å². The van der Waals surface area contributed by atoms with Crippen LogP contribution < -0.4 is 5.32 Å². The van der Waals surface area contributed by atoms with E-state index in [1.54, 1.807) is 18.2 Å². The lowest BCUT2D eigenvalue weighted by atomic mass is 10.1. The molecule has 0 aliphatic heterocycles. The van der Waals surface area contributed by atoms with Crippen molar-refractivity contribution in [1.29, 1.82) is 0 Å². The van der Waals surface area contributed by atoms with Crippen molar-refractivity contribution in [2.75, 3.05) is 7.05 Å². The second-order valence-electron chi connectivity index (χ2n) is 3.13. The van der Waals surface area contributed by atoms with Gasteiger partial charge in [0.05, 0.1) is 0 Å². The normalized spacial score (nSPS) is 12.8. The molecule has 0 fully saturated rings. The fourth-order valence-electron chi connectivity index (χ4n) is 1.16. The molecule has 2 N–H and O–H groups in total. The van der Waals surface area contributed by atoms with Crippen LogP contribution in [0.25, 0.3) is 0 Å². The minimum absolute atomic E-state index is 0.273. The second-order valence-corrected chi connectivity index (χ2v) is 3.54. The van der Waals surface area contributed by atoms with Crippen molar-refractivity contribution >= 4 is 11.6 Å². The van der Waals surface area contributed by atoms with Crippen LogP contribution in [-0.4, -0.2) is 18.2 Å². The Labute approximate surface area is 83.5 Å². The topological polar surface area (TPSA) is 32.3 Å². The van der Waals surface area contributed by atoms with Crippen LogP contribution in [0, 0.1) is 0 Å². The first-order valence-corrected chi connectivity index (χ1v) is 4.66. The van der Waals surface area contributed by atoms with Gasteiger partial charge in [0, 0.05) is 16.6 Å². The summed E-state index contributed by atoms with van der Waals surface area (Å²) in [6.07, 6.45) is 0.738. The summed E-state index contributed by atoms with van der Waals surface area (Å²) in [6.45, 7) is 2.04. The van der Waals surface area contributed by atoms with Gasteiger partial charge in [-0.3, -0.25) is 0 Å². The lowest BCUT2D eigenvalue weighted by molar-refractivity contribution is 0.462. The quantitative estimate of drug-likeness (QED) is 0.783. The average Bonchev–Trinajstić information content (AvgIpc) is 2.11. The molecule has 72 valence electrons. The van der Waals surface area contributed by atoms with Crippen molar-refractivity contribution < 1.29 is 5.11 Å². The number of rotatable bonds is 3. The van der Waals surface area contributed by atoms with Gasteiger partial charge < -0.3 is 10.4 Å². The first-order chi connectivity index (χ1) is 6.15. The largest absolute Gasteiger partial charge is 0.508 e. The molecule has 1 unspecified atom stereocenters. The van der Waals surface area contributed by atoms with Gasteiger partial charge in [-0.05, 0) is 32.5 Å². The van der Waals surface area contributed by atoms with Gasteiger partial charge in [-0.25, -0.2) is 0 Å². The summed E-state index contributed by atoms with van der Waals surface area (Å²) < 4.78 is 0. The molecule has 0 aliphatic carbocycles. The molecule has 1 rings (SSSR count). The van der Waals surface area contributed by atoms with E-state index in [4.69, 9.17) is 11.6 Å². The molecule has 0 heterocycles. The minimum Gasteiger partial charge on any atom is -0.508 e. The van der Waals surface area contributed by atoms with Crippen molar-refractivity contribution in [1.82, 2.24) is 5.32 Å². The predicted molar refractivity (Wildman–Crippen MR) is 55.3 cm³/mol. The Morgan fingerprint density at radius 2 is 2.23 bits per heavy atom. The maximum atomic E-state index is 9.52. The third-order valence-electron chi connectivity index (χ3n) is 2.10. The monoisotopic (exact) mass is 199 g/mol. The highest BCUT2D eigenvalue weighted by atomic mass is 35.5. The molecule has 0 bridgehead atoms. The number of benzene rings is 1. The number of hydrogen-bond donors (Lipinski definition) is 2. The van der Waals surface area contributed by atoms with Gasteiger partial charge in [-0.2, -0.15) is 0 Å². The summed E-state index contributed by atoms with van der Waals surface area (Å²) in [6, 6.07) is 5.50. The minimum atomic E-state index is 0.273. The van der Waals surface area contributed by atoms with Gasteiger partial charge in [-0.1, -0.05) is 17.7 Å². The Morgan fingerprint density at radius 1 is 1.54 bits per heavy atom. The van der Waals surface area contributed by atoms with Crippen LogP contribution in [-0.2, 0) is 6.42 Å². The fourth-order valence-corrected chi connectivity index (χ4v) is 1.40. The van der Waals surface area contributed by atoms with Crippen LogP contribution in [0.5, 0.6) is 5.75 Å². The number of likely N-dealkylation sites (N-methyl/N-ethyl adjacent to an activating group) is 1. The van der Waals surface area contributed by atoms with E-state index in [-0.39, 0.29) is 5.75 Å². The molecular formula is C10H14ClNO. The van der Waals surface area contributed by atoms with Crippen LogP contribution in [0.4, 0.5) is 0 Å². The summed E-state index contributed by atoms with van der Waals surface area (Å²) in [5.41, 5.74) is 0.811. The van der Waals surface area contributed by atoms with E-state index in [1.807, 2.05) is 14.0 Å². The summed E-state index contributed by atoms with van der Waals surface area (Å²) >= 11 is 5.94. The van der Waals surface area contributed by atoms with Gasteiger partial charge in [-0.15, -0.1) is 0 Å². The Morgan fingerprint density at radius 3 is 2.77 bits per heavy atom. The number of phenols is 1. The van der Waals surface area contributed by atoms with E-state index < -0.39 is 0 Å². The molecule has 0 saturated carbocycles. The maximum Gasteiger partial charge on any atom is 0.120 e. The predicted octanol–water partition coefficient (Wildman–Crippen LogP) is 2.20. The summed E-state index contributed by atoms with van der Waals surface area (Å²) in [4.78, 5) is 0. The van der Waals surface area contributed by atoms with Crippen LogP contribution in [0.1, 0.15) is 12.5 Å². The van der Waals surface area contributed by atoms with Crippen molar-refractivity contribution in [2.24, 2.45) is 0 Å². The van der Waals surface area contributed by atoms with Gasteiger partial charge in [0.1, 0.15) is 5.75 Å². The summed E-state index contributed by atoms with van der Waals surface area (Å²) in [7, 11) is 1.89.